The molecule has 24 heavy (non-hydrogen) atoms. The number of phenols is 1. The standard InChI is InChI=1S/C18H20N2O4/c1-11-7-15(24-18(22)19-3)8-12(2)17(11)20-10-13-9-14(23-4)5-6-16(13)21/h5-10,21H,1-4H3,(H,19,22)/b20-10+. The SMILES string of the molecule is CNC(=O)Oc1cc(C)c(/N=C/c2cc(OC)ccc2O)c(C)c1. The zero-order chi connectivity index (χ0) is 17.7. The Kier molecular flexibility index (Phi) is 5.42. The van der Waals surface area contributed by atoms with Crippen LogP contribution in [-0.2, 0) is 0 Å². The van der Waals surface area contributed by atoms with E-state index in [1.165, 1.54) is 7.05 Å². The van der Waals surface area contributed by atoms with Gasteiger partial charge in [0.2, 0.25) is 0 Å². The average molecular weight is 328 g/mol. The number of carbonyl (C=O) groups excluding carboxylic acids is 1. The number of amides is 1. The molecule has 0 aliphatic rings. The molecule has 0 saturated carbocycles. The molecule has 1 amide bonds. The molecule has 0 saturated heterocycles. The molecule has 0 heterocycles. The van der Waals surface area contributed by atoms with E-state index in [0.29, 0.717) is 17.1 Å². The Balaban J connectivity index is 2.31. The molecule has 6 heteroatoms. The first-order chi connectivity index (χ1) is 11.4. The van der Waals surface area contributed by atoms with Crippen LogP contribution in [0.4, 0.5) is 10.5 Å². The van der Waals surface area contributed by atoms with Crippen LogP contribution < -0.4 is 14.8 Å². The Morgan fingerprint density at radius 3 is 2.42 bits per heavy atom. The Morgan fingerprint density at radius 1 is 1.17 bits per heavy atom. The fraction of sp³-hybridized carbons (Fsp3) is 0.222. The van der Waals surface area contributed by atoms with Crippen LogP contribution in [0.1, 0.15) is 16.7 Å². The summed E-state index contributed by atoms with van der Waals surface area (Å²) in [6, 6.07) is 8.40. The van der Waals surface area contributed by atoms with Gasteiger partial charge in [0.05, 0.1) is 12.8 Å². The third kappa shape index (κ3) is 4.04. The Morgan fingerprint density at radius 2 is 1.83 bits per heavy atom. The van der Waals surface area contributed by atoms with Crippen molar-refractivity contribution in [1.29, 1.82) is 0 Å². The lowest BCUT2D eigenvalue weighted by Crippen LogP contribution is -2.22. The van der Waals surface area contributed by atoms with Crippen molar-refractivity contribution < 1.29 is 19.4 Å². The minimum atomic E-state index is -0.522. The highest BCUT2D eigenvalue weighted by Gasteiger charge is 2.08. The smallest absolute Gasteiger partial charge is 0.412 e. The molecule has 0 aliphatic heterocycles. The summed E-state index contributed by atoms with van der Waals surface area (Å²) in [5.74, 6) is 1.21. The zero-order valence-electron chi connectivity index (χ0n) is 14.1. The molecule has 0 bridgehead atoms. The van der Waals surface area contributed by atoms with Crippen LogP contribution in [0.15, 0.2) is 35.3 Å². The molecule has 126 valence electrons. The summed E-state index contributed by atoms with van der Waals surface area (Å²) in [5.41, 5.74) is 3.01. The Labute approximate surface area is 140 Å². The fourth-order valence-electron chi connectivity index (χ4n) is 2.23. The molecule has 6 nitrogen and oxygen atoms in total. The van der Waals surface area contributed by atoms with Crippen LogP contribution in [0.5, 0.6) is 17.2 Å². The number of aliphatic imine (C=N–C) groups is 1. The molecule has 0 aliphatic carbocycles. The molecular formula is C18H20N2O4. The van der Waals surface area contributed by atoms with E-state index in [0.717, 1.165) is 16.8 Å². The zero-order valence-corrected chi connectivity index (χ0v) is 14.1. The van der Waals surface area contributed by atoms with E-state index in [9.17, 15) is 9.90 Å². The number of aromatic hydroxyl groups is 1. The first-order valence-electron chi connectivity index (χ1n) is 7.36. The second-order valence-electron chi connectivity index (χ2n) is 5.23. The topological polar surface area (TPSA) is 80.2 Å². The number of nitrogens with one attached hydrogen (secondary N) is 1. The lowest BCUT2D eigenvalue weighted by Gasteiger charge is -2.09. The third-order valence-corrected chi connectivity index (χ3v) is 3.45. The first-order valence-corrected chi connectivity index (χ1v) is 7.36. The van der Waals surface area contributed by atoms with E-state index in [1.54, 1.807) is 43.7 Å². The van der Waals surface area contributed by atoms with Gasteiger partial charge in [-0.15, -0.1) is 0 Å². The fourth-order valence-corrected chi connectivity index (χ4v) is 2.23. The Bertz CT molecular complexity index is 762. The van der Waals surface area contributed by atoms with Crippen molar-refractivity contribution in [3.05, 3.63) is 47.0 Å². The average Bonchev–Trinajstić information content (AvgIpc) is 2.55. The van der Waals surface area contributed by atoms with Gasteiger partial charge in [0, 0.05) is 18.8 Å². The molecule has 2 rings (SSSR count). The number of carbonyl (C=O) groups is 1. The van der Waals surface area contributed by atoms with E-state index < -0.39 is 6.09 Å². The van der Waals surface area contributed by atoms with Crippen LogP contribution in [0.2, 0.25) is 0 Å². The summed E-state index contributed by atoms with van der Waals surface area (Å²) in [4.78, 5) is 15.8. The van der Waals surface area contributed by atoms with E-state index in [4.69, 9.17) is 9.47 Å². The molecule has 0 aromatic heterocycles. The maximum Gasteiger partial charge on any atom is 0.412 e. The summed E-state index contributed by atoms with van der Waals surface area (Å²) in [6.07, 6.45) is 1.05. The number of rotatable bonds is 4. The molecule has 0 radical (unpaired) electrons. The predicted octanol–water partition coefficient (Wildman–Crippen LogP) is 3.49. The molecule has 0 atom stereocenters. The van der Waals surface area contributed by atoms with Crippen LogP contribution >= 0.6 is 0 Å². The first kappa shape index (κ1) is 17.3. The number of benzene rings is 2. The van der Waals surface area contributed by atoms with Crippen molar-refractivity contribution in [2.45, 2.75) is 13.8 Å². The molecule has 2 aromatic rings. The highest BCUT2D eigenvalue weighted by molar-refractivity contribution is 5.86. The summed E-state index contributed by atoms with van der Waals surface area (Å²) < 4.78 is 10.3. The molecule has 0 spiro atoms. The number of hydrogen-bond acceptors (Lipinski definition) is 5. The lowest BCUT2D eigenvalue weighted by atomic mass is 10.1. The van der Waals surface area contributed by atoms with Gasteiger partial charge in [-0.3, -0.25) is 4.99 Å². The molecule has 0 unspecified atom stereocenters. The van der Waals surface area contributed by atoms with Gasteiger partial charge in [-0.2, -0.15) is 0 Å². The second kappa shape index (κ2) is 7.50. The van der Waals surface area contributed by atoms with Gasteiger partial charge in [-0.1, -0.05) is 0 Å². The van der Waals surface area contributed by atoms with Crippen molar-refractivity contribution in [3.63, 3.8) is 0 Å². The van der Waals surface area contributed by atoms with Gasteiger partial charge in [-0.05, 0) is 55.3 Å². The summed E-state index contributed by atoms with van der Waals surface area (Å²) >= 11 is 0. The minimum Gasteiger partial charge on any atom is -0.507 e. The molecule has 0 fully saturated rings. The lowest BCUT2D eigenvalue weighted by molar-refractivity contribution is 0.203. The van der Waals surface area contributed by atoms with Gasteiger partial charge in [-0.25, -0.2) is 4.79 Å². The van der Waals surface area contributed by atoms with Crippen molar-refractivity contribution >= 4 is 18.0 Å². The summed E-state index contributed by atoms with van der Waals surface area (Å²) in [5, 5.41) is 12.3. The second-order valence-corrected chi connectivity index (χ2v) is 5.23. The van der Waals surface area contributed by atoms with Crippen molar-refractivity contribution in [2.24, 2.45) is 4.99 Å². The monoisotopic (exact) mass is 328 g/mol. The highest BCUT2D eigenvalue weighted by Crippen LogP contribution is 2.29. The number of methoxy groups -OCH3 is 1. The number of ether oxygens (including phenoxy) is 2. The maximum absolute atomic E-state index is 11.3. The summed E-state index contributed by atoms with van der Waals surface area (Å²) in [6.45, 7) is 3.75. The van der Waals surface area contributed by atoms with Gasteiger partial charge >= 0.3 is 6.09 Å². The molecule has 2 aromatic carbocycles. The largest absolute Gasteiger partial charge is 0.507 e. The van der Waals surface area contributed by atoms with Gasteiger partial charge < -0.3 is 19.9 Å². The van der Waals surface area contributed by atoms with Crippen LogP contribution in [0, 0.1) is 13.8 Å². The highest BCUT2D eigenvalue weighted by atomic mass is 16.5. The normalized spacial score (nSPS) is 10.7. The van der Waals surface area contributed by atoms with E-state index in [1.807, 2.05) is 13.8 Å². The number of phenolic OH excluding ortho intramolecular Hbond substituents is 1. The maximum atomic E-state index is 11.3. The number of hydrogen-bond donors (Lipinski definition) is 2. The van der Waals surface area contributed by atoms with Crippen LogP contribution in [0.3, 0.4) is 0 Å². The quantitative estimate of drug-likeness (QED) is 0.842. The van der Waals surface area contributed by atoms with Gasteiger partial charge in [0.15, 0.2) is 0 Å². The van der Waals surface area contributed by atoms with E-state index >= 15 is 0 Å². The number of nitrogens with zero attached hydrogens (tertiary/aromatic N) is 1. The minimum absolute atomic E-state index is 0.120. The number of aryl methyl sites for hydroxylation is 2. The van der Waals surface area contributed by atoms with Crippen molar-refractivity contribution in [1.82, 2.24) is 5.32 Å². The molecular weight excluding hydrogens is 308 g/mol. The van der Waals surface area contributed by atoms with Crippen molar-refractivity contribution in [3.8, 4) is 17.2 Å². The van der Waals surface area contributed by atoms with E-state index in [2.05, 4.69) is 10.3 Å². The Hall–Kier alpha value is -3.02. The predicted molar refractivity (Wildman–Crippen MR) is 92.9 cm³/mol. The van der Waals surface area contributed by atoms with E-state index in [-0.39, 0.29) is 5.75 Å². The molecule has 2 N–H and O–H groups in total. The summed E-state index contributed by atoms with van der Waals surface area (Å²) in [7, 11) is 3.06. The third-order valence-electron chi connectivity index (χ3n) is 3.45. The van der Waals surface area contributed by atoms with Gasteiger partial charge in [0.1, 0.15) is 17.2 Å². The van der Waals surface area contributed by atoms with Crippen LogP contribution in [-0.4, -0.2) is 31.6 Å². The van der Waals surface area contributed by atoms with Gasteiger partial charge in [0.25, 0.3) is 0 Å². The van der Waals surface area contributed by atoms with Crippen LogP contribution in [0.25, 0.3) is 0 Å². The van der Waals surface area contributed by atoms with Crippen molar-refractivity contribution in [2.75, 3.05) is 14.2 Å².